The van der Waals surface area contributed by atoms with E-state index in [0.29, 0.717) is 11.2 Å². The molecule has 4 aromatic rings. The lowest BCUT2D eigenvalue weighted by molar-refractivity contribution is 0.593. The van der Waals surface area contributed by atoms with E-state index >= 15 is 0 Å². The standard InChI is InChI=1S/C20H16N4O3S/c1-3-28(26,27)18-9-8-14(12-22-18)24-19-15-6-4-5-7-16(15)23(2)17(19)10-13(11-21)20(24)25/h4-10,12H,3H2,1-2H3. The molecule has 0 aliphatic carbocycles. The number of fused-ring (bicyclic) bond motifs is 3. The van der Waals surface area contributed by atoms with Crippen LogP contribution in [0.5, 0.6) is 0 Å². The summed E-state index contributed by atoms with van der Waals surface area (Å²) in [6.07, 6.45) is 1.35. The van der Waals surface area contributed by atoms with Crippen molar-refractivity contribution >= 4 is 31.8 Å². The van der Waals surface area contributed by atoms with Crippen molar-refractivity contribution < 1.29 is 8.42 Å². The molecule has 4 rings (SSSR count). The number of aryl methyl sites for hydroxylation is 1. The first-order valence-corrected chi connectivity index (χ1v) is 10.3. The van der Waals surface area contributed by atoms with Crippen LogP contribution in [0.1, 0.15) is 12.5 Å². The molecule has 3 aromatic heterocycles. The Bertz CT molecular complexity index is 1440. The highest BCUT2D eigenvalue weighted by molar-refractivity contribution is 7.91. The quantitative estimate of drug-likeness (QED) is 0.534. The van der Waals surface area contributed by atoms with Gasteiger partial charge in [0.25, 0.3) is 5.56 Å². The molecule has 0 radical (unpaired) electrons. The van der Waals surface area contributed by atoms with Gasteiger partial charge in [-0.25, -0.2) is 13.4 Å². The van der Waals surface area contributed by atoms with Crippen LogP contribution >= 0.6 is 0 Å². The third-order valence-electron chi connectivity index (χ3n) is 4.86. The highest BCUT2D eigenvalue weighted by Gasteiger charge is 2.19. The van der Waals surface area contributed by atoms with Gasteiger partial charge in [-0.2, -0.15) is 5.26 Å². The van der Waals surface area contributed by atoms with E-state index in [2.05, 4.69) is 4.98 Å². The van der Waals surface area contributed by atoms with Crippen LogP contribution in [-0.2, 0) is 16.9 Å². The fraction of sp³-hybridized carbons (Fsp3) is 0.150. The summed E-state index contributed by atoms with van der Waals surface area (Å²) < 4.78 is 27.4. The van der Waals surface area contributed by atoms with Crippen molar-refractivity contribution in [2.24, 2.45) is 7.05 Å². The van der Waals surface area contributed by atoms with E-state index in [4.69, 9.17) is 0 Å². The van der Waals surface area contributed by atoms with Crippen molar-refractivity contribution in [3.05, 3.63) is 64.6 Å². The second-order valence-corrected chi connectivity index (χ2v) is 8.60. The largest absolute Gasteiger partial charge is 0.342 e. The highest BCUT2D eigenvalue weighted by atomic mass is 32.2. The molecular weight excluding hydrogens is 376 g/mol. The minimum Gasteiger partial charge on any atom is -0.342 e. The molecule has 0 aliphatic heterocycles. The Morgan fingerprint density at radius 2 is 1.89 bits per heavy atom. The van der Waals surface area contributed by atoms with Gasteiger partial charge < -0.3 is 4.57 Å². The average Bonchev–Trinajstić information content (AvgIpc) is 3.00. The first-order valence-electron chi connectivity index (χ1n) is 8.61. The van der Waals surface area contributed by atoms with E-state index in [1.807, 2.05) is 41.9 Å². The summed E-state index contributed by atoms with van der Waals surface area (Å²) in [6, 6.07) is 14.1. The van der Waals surface area contributed by atoms with Crippen molar-refractivity contribution in [1.82, 2.24) is 14.1 Å². The topological polar surface area (TPSA) is 97.8 Å². The van der Waals surface area contributed by atoms with E-state index in [1.54, 1.807) is 19.1 Å². The number of aromatic nitrogens is 3. The Morgan fingerprint density at radius 3 is 2.54 bits per heavy atom. The molecule has 0 saturated heterocycles. The maximum absolute atomic E-state index is 13.0. The molecule has 0 bridgehead atoms. The summed E-state index contributed by atoms with van der Waals surface area (Å²) in [5, 5.41) is 10.2. The van der Waals surface area contributed by atoms with Crippen LogP contribution in [0.2, 0.25) is 0 Å². The van der Waals surface area contributed by atoms with Gasteiger partial charge in [0, 0.05) is 12.4 Å². The van der Waals surface area contributed by atoms with Gasteiger partial charge in [-0.15, -0.1) is 0 Å². The third-order valence-corrected chi connectivity index (χ3v) is 6.50. The average molecular weight is 392 g/mol. The van der Waals surface area contributed by atoms with Crippen molar-refractivity contribution in [2.75, 3.05) is 5.75 Å². The normalized spacial score (nSPS) is 11.8. The zero-order valence-electron chi connectivity index (χ0n) is 15.2. The Hall–Kier alpha value is -3.44. The second-order valence-electron chi connectivity index (χ2n) is 6.38. The molecule has 8 heteroatoms. The van der Waals surface area contributed by atoms with E-state index < -0.39 is 15.4 Å². The van der Waals surface area contributed by atoms with Gasteiger partial charge in [0.1, 0.15) is 11.6 Å². The number of para-hydroxylation sites is 1. The number of pyridine rings is 2. The fourth-order valence-electron chi connectivity index (χ4n) is 3.38. The molecule has 0 spiro atoms. The Labute approximate surface area is 161 Å². The van der Waals surface area contributed by atoms with Crippen LogP contribution < -0.4 is 5.56 Å². The molecule has 1 aromatic carbocycles. The maximum Gasteiger partial charge on any atom is 0.273 e. The zero-order valence-corrected chi connectivity index (χ0v) is 16.1. The monoisotopic (exact) mass is 392 g/mol. The van der Waals surface area contributed by atoms with Gasteiger partial charge in [0.15, 0.2) is 14.9 Å². The molecule has 0 saturated carbocycles. The number of benzene rings is 1. The van der Waals surface area contributed by atoms with E-state index in [1.165, 1.54) is 16.8 Å². The molecule has 28 heavy (non-hydrogen) atoms. The lowest BCUT2D eigenvalue weighted by Crippen LogP contribution is -2.21. The van der Waals surface area contributed by atoms with E-state index in [0.717, 1.165) is 16.4 Å². The van der Waals surface area contributed by atoms with Gasteiger partial charge in [-0.3, -0.25) is 9.36 Å². The first-order chi connectivity index (χ1) is 13.4. The number of sulfone groups is 1. The smallest absolute Gasteiger partial charge is 0.273 e. The summed E-state index contributed by atoms with van der Waals surface area (Å²) in [4.78, 5) is 17.0. The second kappa shape index (κ2) is 6.32. The Balaban J connectivity index is 2.12. The van der Waals surface area contributed by atoms with Gasteiger partial charge in [-0.05, 0) is 24.3 Å². The summed E-state index contributed by atoms with van der Waals surface area (Å²) >= 11 is 0. The molecule has 0 amide bonds. The van der Waals surface area contributed by atoms with Gasteiger partial charge in [0.05, 0.1) is 34.2 Å². The van der Waals surface area contributed by atoms with Crippen LogP contribution in [0.25, 0.3) is 27.6 Å². The molecule has 0 aliphatic rings. The molecular formula is C20H16N4O3S. The summed E-state index contributed by atoms with van der Waals surface area (Å²) in [5.41, 5.74) is 2.22. The first kappa shape index (κ1) is 17.9. The van der Waals surface area contributed by atoms with Crippen LogP contribution in [0.15, 0.2) is 58.5 Å². The van der Waals surface area contributed by atoms with Crippen LogP contribution in [-0.4, -0.2) is 28.3 Å². The van der Waals surface area contributed by atoms with E-state index in [9.17, 15) is 18.5 Å². The molecule has 0 fully saturated rings. The van der Waals surface area contributed by atoms with Crippen molar-refractivity contribution in [1.29, 1.82) is 5.26 Å². The molecule has 0 atom stereocenters. The van der Waals surface area contributed by atoms with Crippen molar-refractivity contribution in [3.8, 4) is 11.8 Å². The highest BCUT2D eigenvalue weighted by Crippen LogP contribution is 2.29. The fourth-order valence-corrected chi connectivity index (χ4v) is 4.16. The number of nitriles is 1. The number of hydrogen-bond acceptors (Lipinski definition) is 5. The Kier molecular flexibility index (Phi) is 4.05. The molecule has 0 N–H and O–H groups in total. The zero-order chi connectivity index (χ0) is 20.1. The van der Waals surface area contributed by atoms with Crippen LogP contribution in [0.4, 0.5) is 0 Å². The van der Waals surface area contributed by atoms with E-state index in [-0.39, 0.29) is 16.3 Å². The lowest BCUT2D eigenvalue weighted by atomic mass is 10.2. The number of nitrogens with zero attached hydrogens (tertiary/aromatic N) is 4. The van der Waals surface area contributed by atoms with Crippen LogP contribution in [0.3, 0.4) is 0 Å². The number of hydrogen-bond donors (Lipinski definition) is 0. The van der Waals surface area contributed by atoms with Crippen molar-refractivity contribution in [3.63, 3.8) is 0 Å². The lowest BCUT2D eigenvalue weighted by Gasteiger charge is -2.10. The minimum atomic E-state index is -3.45. The summed E-state index contributed by atoms with van der Waals surface area (Å²) in [5.74, 6) is -0.0587. The SMILES string of the molecule is CCS(=O)(=O)c1ccc(-n2c(=O)c(C#N)cc3c2c2ccccc2n3C)cn1. The van der Waals surface area contributed by atoms with Gasteiger partial charge in [-0.1, -0.05) is 25.1 Å². The number of rotatable bonds is 3. The summed E-state index contributed by atoms with van der Waals surface area (Å²) in [7, 11) is -1.58. The van der Waals surface area contributed by atoms with Crippen LogP contribution in [0, 0.1) is 11.3 Å². The molecule has 140 valence electrons. The summed E-state index contributed by atoms with van der Waals surface area (Å²) in [6.45, 7) is 1.55. The Morgan fingerprint density at radius 1 is 1.14 bits per heavy atom. The molecule has 7 nitrogen and oxygen atoms in total. The maximum atomic E-state index is 13.0. The predicted octanol–water partition coefficient (Wildman–Crippen LogP) is 2.54. The molecule has 3 heterocycles. The van der Waals surface area contributed by atoms with Gasteiger partial charge in [0.2, 0.25) is 0 Å². The van der Waals surface area contributed by atoms with Gasteiger partial charge >= 0.3 is 0 Å². The molecule has 0 unspecified atom stereocenters. The third kappa shape index (κ3) is 2.52. The minimum absolute atomic E-state index is 0.00339. The van der Waals surface area contributed by atoms with Crippen molar-refractivity contribution in [2.45, 2.75) is 11.9 Å². The predicted molar refractivity (Wildman–Crippen MR) is 106 cm³/mol.